The molecule has 7 nitrogen and oxygen atoms in total. The van der Waals surface area contributed by atoms with Crippen molar-refractivity contribution in [3.8, 4) is 6.07 Å². The van der Waals surface area contributed by atoms with E-state index in [9.17, 15) is 30.8 Å². The number of rotatable bonds is 5. The molecule has 1 aromatic carbocycles. The Kier molecular flexibility index (Phi) is 5.57. The Bertz CT molecular complexity index is 1010. The lowest BCUT2D eigenvalue weighted by Crippen LogP contribution is -2.42. The van der Waals surface area contributed by atoms with Crippen molar-refractivity contribution in [3.63, 3.8) is 0 Å². The first-order valence-corrected chi connectivity index (χ1v) is 8.71. The van der Waals surface area contributed by atoms with E-state index in [0.29, 0.717) is 6.92 Å². The number of anilines is 1. The molecule has 0 bridgehead atoms. The van der Waals surface area contributed by atoms with Gasteiger partial charge in [-0.05, 0) is 31.2 Å². The third-order valence-corrected chi connectivity index (χ3v) is 4.90. The number of alkyl halides is 3. The predicted octanol–water partition coefficient (Wildman–Crippen LogP) is 2.51. The maximum absolute atomic E-state index is 13.3. The zero-order chi connectivity index (χ0) is 20.4. The van der Waals surface area contributed by atoms with Gasteiger partial charge < -0.3 is 10.3 Å². The van der Waals surface area contributed by atoms with Gasteiger partial charge in [0.15, 0.2) is 0 Å². The molecule has 0 fully saturated rings. The van der Waals surface area contributed by atoms with Crippen molar-refractivity contribution in [2.24, 2.45) is 0 Å². The third kappa shape index (κ3) is 4.83. The van der Waals surface area contributed by atoms with Crippen LogP contribution in [-0.4, -0.2) is 31.5 Å². The number of hydrogen-bond acceptors (Lipinski definition) is 4. The molecule has 144 valence electrons. The van der Waals surface area contributed by atoms with Crippen LogP contribution in [0.5, 0.6) is 0 Å². The number of hydrogen-bond donors (Lipinski definition) is 3. The van der Waals surface area contributed by atoms with Crippen LogP contribution in [0.3, 0.4) is 0 Å². The van der Waals surface area contributed by atoms with Gasteiger partial charge >= 0.3 is 6.18 Å². The number of halogens is 4. The van der Waals surface area contributed by atoms with Crippen molar-refractivity contribution in [2.75, 3.05) is 5.32 Å². The topological polar surface area (TPSA) is 115 Å². The number of carbonyl (C=O) groups is 1. The minimum absolute atomic E-state index is 0.0702. The van der Waals surface area contributed by atoms with Gasteiger partial charge in [0.05, 0.1) is 5.56 Å². The molecule has 0 saturated heterocycles. The lowest BCUT2D eigenvalue weighted by atomic mass is 10.2. The molecule has 0 unspecified atom stereocenters. The van der Waals surface area contributed by atoms with Crippen LogP contribution in [0, 0.1) is 17.1 Å². The smallest absolute Gasteiger partial charge is 0.356 e. The fourth-order valence-electron chi connectivity index (χ4n) is 1.92. The largest absolute Gasteiger partial charge is 0.404 e. The van der Waals surface area contributed by atoms with Gasteiger partial charge in [-0.25, -0.2) is 12.8 Å². The number of sulfonamides is 1. The molecule has 1 heterocycles. The van der Waals surface area contributed by atoms with E-state index in [2.05, 4.69) is 10.3 Å². The molecule has 2 rings (SSSR count). The van der Waals surface area contributed by atoms with E-state index in [0.717, 1.165) is 24.4 Å². The number of nitrogens with zero attached hydrogens (tertiary/aromatic N) is 1. The van der Waals surface area contributed by atoms with Crippen molar-refractivity contribution in [2.45, 2.75) is 24.0 Å². The minimum atomic E-state index is -4.77. The molecule has 0 saturated carbocycles. The highest BCUT2D eigenvalue weighted by Crippen LogP contribution is 2.22. The molecule has 0 aliphatic rings. The summed E-state index contributed by atoms with van der Waals surface area (Å²) in [5.74, 6) is -1.62. The summed E-state index contributed by atoms with van der Waals surface area (Å²) in [7, 11) is -4.52. The van der Waals surface area contributed by atoms with E-state index in [1.807, 2.05) is 0 Å². The van der Waals surface area contributed by atoms with E-state index < -0.39 is 38.9 Å². The van der Waals surface area contributed by atoms with E-state index >= 15 is 0 Å². The van der Waals surface area contributed by atoms with Crippen LogP contribution in [0.4, 0.5) is 23.2 Å². The van der Waals surface area contributed by atoms with Gasteiger partial charge in [-0.15, -0.1) is 0 Å². The number of nitrogens with one attached hydrogen (secondary N) is 3. The number of carbonyl (C=O) groups excluding carboxylic acids is 1. The van der Waals surface area contributed by atoms with E-state index in [1.54, 1.807) is 6.07 Å². The maximum atomic E-state index is 13.3. The SMILES string of the molecule is C[C@H](NS(=O)(=O)c1c[nH]c(C(=O)Nc2ccc(F)c(C#N)c2)c1)C(F)(F)F. The summed E-state index contributed by atoms with van der Waals surface area (Å²) in [5.41, 5.74) is -0.508. The quantitative estimate of drug-likeness (QED) is 0.664. The van der Waals surface area contributed by atoms with Gasteiger partial charge in [-0.3, -0.25) is 4.79 Å². The number of aromatic nitrogens is 1. The molecule has 1 atom stereocenters. The predicted molar refractivity (Wildman–Crippen MR) is 85.7 cm³/mol. The average Bonchev–Trinajstić information content (AvgIpc) is 3.06. The van der Waals surface area contributed by atoms with E-state index in [4.69, 9.17) is 5.26 Å². The molecule has 27 heavy (non-hydrogen) atoms. The van der Waals surface area contributed by atoms with Crippen LogP contribution in [0.25, 0.3) is 0 Å². The fraction of sp³-hybridized carbons (Fsp3) is 0.200. The molecule has 1 aromatic heterocycles. The van der Waals surface area contributed by atoms with E-state index in [-0.39, 0.29) is 16.9 Å². The van der Waals surface area contributed by atoms with Crippen LogP contribution in [0.2, 0.25) is 0 Å². The van der Waals surface area contributed by atoms with Gasteiger partial charge in [0.1, 0.15) is 28.5 Å². The highest BCUT2D eigenvalue weighted by molar-refractivity contribution is 7.89. The summed E-state index contributed by atoms with van der Waals surface area (Å²) in [4.78, 5) is 13.9. The fourth-order valence-corrected chi connectivity index (χ4v) is 3.14. The zero-order valence-electron chi connectivity index (χ0n) is 13.6. The molecule has 12 heteroatoms. The average molecular weight is 404 g/mol. The number of benzene rings is 1. The van der Waals surface area contributed by atoms with Crippen LogP contribution < -0.4 is 10.0 Å². The minimum Gasteiger partial charge on any atom is -0.356 e. The van der Waals surface area contributed by atoms with Crippen molar-refractivity contribution >= 4 is 21.6 Å². The number of H-pyrrole nitrogens is 1. The van der Waals surface area contributed by atoms with Crippen molar-refractivity contribution in [1.29, 1.82) is 5.26 Å². The molecule has 2 aromatic rings. The van der Waals surface area contributed by atoms with Crippen molar-refractivity contribution < 1.29 is 30.8 Å². The second kappa shape index (κ2) is 7.37. The number of nitriles is 1. The van der Waals surface area contributed by atoms with Gasteiger partial charge in [0.25, 0.3) is 5.91 Å². The Morgan fingerprint density at radius 1 is 1.30 bits per heavy atom. The standard InChI is InChI=1S/C15H12F4N4O3S/c1-8(15(17,18)19)23-27(25,26)11-5-13(21-7-11)14(24)22-10-2-3-12(16)9(4-10)6-20/h2-5,7-8,21,23H,1H3,(H,22,24)/t8-/m0/s1. The molecule has 3 N–H and O–H groups in total. The lowest BCUT2D eigenvalue weighted by molar-refractivity contribution is -0.147. The lowest BCUT2D eigenvalue weighted by Gasteiger charge is -2.16. The van der Waals surface area contributed by atoms with Crippen molar-refractivity contribution in [1.82, 2.24) is 9.71 Å². The van der Waals surface area contributed by atoms with Gasteiger partial charge in [-0.2, -0.15) is 23.2 Å². The van der Waals surface area contributed by atoms with Crippen LogP contribution in [-0.2, 0) is 10.0 Å². The highest BCUT2D eigenvalue weighted by atomic mass is 32.2. The molecular formula is C15H12F4N4O3S. The summed E-state index contributed by atoms with van der Waals surface area (Å²) in [6, 6.07) is 3.32. The highest BCUT2D eigenvalue weighted by Gasteiger charge is 2.39. The Morgan fingerprint density at radius 2 is 1.96 bits per heavy atom. The van der Waals surface area contributed by atoms with Crippen LogP contribution in [0.15, 0.2) is 35.4 Å². The van der Waals surface area contributed by atoms with Crippen LogP contribution in [0.1, 0.15) is 23.0 Å². The molecular weight excluding hydrogens is 392 g/mol. The van der Waals surface area contributed by atoms with Crippen LogP contribution >= 0.6 is 0 Å². The Morgan fingerprint density at radius 3 is 2.56 bits per heavy atom. The summed E-state index contributed by atoms with van der Waals surface area (Å²) in [6.07, 6.45) is -3.92. The molecule has 0 radical (unpaired) electrons. The van der Waals surface area contributed by atoms with Crippen molar-refractivity contribution in [3.05, 3.63) is 47.5 Å². The van der Waals surface area contributed by atoms with Gasteiger partial charge in [-0.1, -0.05) is 0 Å². The number of aromatic amines is 1. The zero-order valence-corrected chi connectivity index (χ0v) is 14.4. The van der Waals surface area contributed by atoms with Gasteiger partial charge in [0.2, 0.25) is 10.0 Å². The van der Waals surface area contributed by atoms with E-state index in [1.165, 1.54) is 10.8 Å². The summed E-state index contributed by atoms with van der Waals surface area (Å²) >= 11 is 0. The Balaban J connectivity index is 2.17. The van der Waals surface area contributed by atoms with Gasteiger partial charge in [0, 0.05) is 11.9 Å². The molecule has 0 aliphatic carbocycles. The Labute approximate surface area is 151 Å². The monoisotopic (exact) mass is 404 g/mol. The molecule has 0 aliphatic heterocycles. The first kappa shape index (κ1) is 20.4. The Hall–Kier alpha value is -2.91. The third-order valence-electron chi connectivity index (χ3n) is 3.38. The first-order valence-electron chi connectivity index (χ1n) is 7.22. The summed E-state index contributed by atoms with van der Waals surface area (Å²) in [5, 5.41) is 11.1. The molecule has 0 spiro atoms. The second-order valence-electron chi connectivity index (χ2n) is 5.39. The summed E-state index contributed by atoms with van der Waals surface area (Å²) < 4.78 is 76.2. The normalized spacial score (nSPS) is 13.0. The summed E-state index contributed by atoms with van der Waals surface area (Å²) in [6.45, 7) is 0.638. The molecule has 1 amide bonds. The first-order chi connectivity index (χ1) is 12.4. The number of amides is 1. The second-order valence-corrected chi connectivity index (χ2v) is 7.11. The maximum Gasteiger partial charge on any atom is 0.404 e.